The van der Waals surface area contributed by atoms with Crippen molar-refractivity contribution in [1.82, 2.24) is 10.2 Å². The Hall–Kier alpha value is -4.08. The minimum absolute atomic E-state index is 0.254. The van der Waals surface area contributed by atoms with Crippen LogP contribution in [0.2, 0.25) is 0 Å². The van der Waals surface area contributed by atoms with E-state index in [1.54, 1.807) is 36.4 Å². The van der Waals surface area contributed by atoms with Crippen LogP contribution in [0, 0.1) is 0 Å². The predicted molar refractivity (Wildman–Crippen MR) is 112 cm³/mol. The van der Waals surface area contributed by atoms with Crippen LogP contribution in [0.4, 0.5) is 5.69 Å². The van der Waals surface area contributed by atoms with Crippen LogP contribution in [0.1, 0.15) is 32.4 Å². The Kier molecular flexibility index (Phi) is 5.43. The van der Waals surface area contributed by atoms with Gasteiger partial charge in [-0.25, -0.2) is 0 Å². The summed E-state index contributed by atoms with van der Waals surface area (Å²) in [5.41, 5.74) is 1.50. The van der Waals surface area contributed by atoms with Crippen LogP contribution in [-0.4, -0.2) is 63.0 Å². The van der Waals surface area contributed by atoms with E-state index in [1.165, 1.54) is 31.1 Å². The van der Waals surface area contributed by atoms with Gasteiger partial charge in [-0.15, -0.1) is 0 Å². The van der Waals surface area contributed by atoms with Crippen molar-refractivity contribution < 1.29 is 33.4 Å². The van der Waals surface area contributed by atoms with Crippen molar-refractivity contribution >= 4 is 29.4 Å². The maximum absolute atomic E-state index is 13.5. The largest absolute Gasteiger partial charge is 0.493 e. The normalized spacial score (nSPS) is 16.2. The number of hydrogen-bond donors (Lipinski definition) is 1. The molecule has 1 N–H and O–H groups in total. The number of ether oxygens (including phenoxy) is 3. The highest BCUT2D eigenvalue weighted by atomic mass is 16.5. The van der Waals surface area contributed by atoms with E-state index >= 15 is 0 Å². The molecule has 2 aromatic carbocycles. The monoisotopic (exact) mass is 439 g/mol. The molecule has 3 amide bonds. The van der Waals surface area contributed by atoms with Crippen LogP contribution in [0.25, 0.3) is 0 Å². The molecule has 2 heterocycles. The van der Waals surface area contributed by atoms with Gasteiger partial charge in [-0.1, -0.05) is 18.2 Å². The highest BCUT2D eigenvalue weighted by molar-refractivity contribution is 6.18. The number of hydrogen-bond acceptors (Lipinski definition) is 7. The number of carbonyl (C=O) groups excluding carboxylic acids is 4. The van der Waals surface area contributed by atoms with Crippen LogP contribution in [0.5, 0.6) is 11.5 Å². The number of nitrogens with zero attached hydrogens (tertiary/aromatic N) is 2. The summed E-state index contributed by atoms with van der Waals surface area (Å²) in [6.45, 7) is -0.699. The molecule has 0 fully saturated rings. The third kappa shape index (κ3) is 3.20. The van der Waals surface area contributed by atoms with E-state index in [0.29, 0.717) is 17.0 Å². The van der Waals surface area contributed by atoms with E-state index in [-0.39, 0.29) is 35.9 Å². The first kappa shape index (κ1) is 21.2. The van der Waals surface area contributed by atoms with Crippen molar-refractivity contribution in [3.8, 4) is 11.5 Å². The molecule has 1 unspecified atom stereocenters. The van der Waals surface area contributed by atoms with Crippen molar-refractivity contribution in [1.29, 1.82) is 0 Å². The van der Waals surface area contributed by atoms with Crippen molar-refractivity contribution in [3.05, 3.63) is 53.1 Å². The number of para-hydroxylation sites is 1. The lowest BCUT2D eigenvalue weighted by Gasteiger charge is -2.40. The topological polar surface area (TPSA) is 114 Å². The molecule has 0 bridgehead atoms. The lowest BCUT2D eigenvalue weighted by molar-refractivity contribution is -0.141. The van der Waals surface area contributed by atoms with E-state index in [1.807, 2.05) is 0 Å². The molecular weight excluding hydrogens is 418 g/mol. The molecule has 0 aromatic heterocycles. The molecule has 0 spiro atoms. The summed E-state index contributed by atoms with van der Waals surface area (Å²) in [4.78, 5) is 53.5. The van der Waals surface area contributed by atoms with Gasteiger partial charge >= 0.3 is 5.97 Å². The first-order valence-electron chi connectivity index (χ1n) is 9.74. The van der Waals surface area contributed by atoms with Gasteiger partial charge in [-0.2, -0.15) is 0 Å². The average Bonchev–Trinajstić information content (AvgIpc) is 3.11. The first-order chi connectivity index (χ1) is 15.4. The van der Waals surface area contributed by atoms with Gasteiger partial charge in [0.25, 0.3) is 11.8 Å². The third-order valence-corrected chi connectivity index (χ3v) is 5.45. The van der Waals surface area contributed by atoms with Gasteiger partial charge in [0.2, 0.25) is 5.91 Å². The zero-order valence-corrected chi connectivity index (χ0v) is 17.7. The summed E-state index contributed by atoms with van der Waals surface area (Å²) >= 11 is 0. The molecule has 10 nitrogen and oxygen atoms in total. The van der Waals surface area contributed by atoms with Gasteiger partial charge in [-0.05, 0) is 18.2 Å². The van der Waals surface area contributed by atoms with Gasteiger partial charge in [0.05, 0.1) is 38.1 Å². The summed E-state index contributed by atoms with van der Waals surface area (Å²) in [7, 11) is 4.10. The molecule has 166 valence electrons. The van der Waals surface area contributed by atoms with E-state index in [2.05, 4.69) is 10.1 Å². The molecule has 32 heavy (non-hydrogen) atoms. The molecule has 1 atom stereocenters. The SMILES string of the molecule is COC(=O)CNC(=O)CN1C(=O)c2ccccc2N2C(=O)c3c(ccc(OC)c3OC)C12. The number of fused-ring (bicyclic) bond motifs is 5. The Morgan fingerprint density at radius 2 is 1.75 bits per heavy atom. The minimum Gasteiger partial charge on any atom is -0.493 e. The first-order valence-corrected chi connectivity index (χ1v) is 9.74. The summed E-state index contributed by atoms with van der Waals surface area (Å²) in [6, 6.07) is 10.0. The highest BCUT2D eigenvalue weighted by Crippen LogP contribution is 2.49. The summed E-state index contributed by atoms with van der Waals surface area (Å²) in [6.07, 6.45) is -0.858. The van der Waals surface area contributed by atoms with Crippen molar-refractivity contribution in [2.75, 3.05) is 39.3 Å². The van der Waals surface area contributed by atoms with Crippen LogP contribution in [0.15, 0.2) is 36.4 Å². The zero-order chi connectivity index (χ0) is 23.0. The fourth-order valence-electron chi connectivity index (χ4n) is 4.04. The second-order valence-corrected chi connectivity index (χ2v) is 7.12. The molecule has 2 aliphatic heterocycles. The molecule has 0 aliphatic carbocycles. The van der Waals surface area contributed by atoms with Gasteiger partial charge in [0, 0.05) is 5.56 Å². The average molecular weight is 439 g/mol. The number of esters is 1. The smallest absolute Gasteiger partial charge is 0.325 e. The number of methoxy groups -OCH3 is 3. The Morgan fingerprint density at radius 3 is 2.44 bits per heavy atom. The molecule has 4 rings (SSSR count). The fraction of sp³-hybridized carbons (Fsp3) is 0.273. The van der Waals surface area contributed by atoms with Gasteiger partial charge in [0.15, 0.2) is 11.5 Å². The molecule has 0 radical (unpaired) electrons. The van der Waals surface area contributed by atoms with Crippen LogP contribution >= 0.6 is 0 Å². The Morgan fingerprint density at radius 1 is 1.00 bits per heavy atom. The standard InChI is InChI=1S/C22H21N3O7/c1-30-15-9-8-13-18(19(15)32-3)22(29)25-14-7-5-4-6-12(14)21(28)24(20(13)25)11-16(26)23-10-17(27)31-2/h4-9,20H,10-11H2,1-3H3,(H,23,26). The van der Waals surface area contributed by atoms with Crippen molar-refractivity contribution in [3.63, 3.8) is 0 Å². The maximum Gasteiger partial charge on any atom is 0.325 e. The number of rotatable bonds is 6. The maximum atomic E-state index is 13.5. The van der Waals surface area contributed by atoms with Crippen LogP contribution < -0.4 is 19.7 Å². The molecule has 0 saturated carbocycles. The van der Waals surface area contributed by atoms with Gasteiger partial charge in [0.1, 0.15) is 19.3 Å². The highest BCUT2D eigenvalue weighted by Gasteiger charge is 2.50. The second kappa shape index (κ2) is 8.22. The zero-order valence-electron chi connectivity index (χ0n) is 17.7. The third-order valence-electron chi connectivity index (χ3n) is 5.45. The van der Waals surface area contributed by atoms with Crippen molar-refractivity contribution in [2.24, 2.45) is 0 Å². The molecule has 2 aliphatic rings. The number of nitrogens with one attached hydrogen (secondary N) is 1. The lowest BCUT2D eigenvalue weighted by atomic mass is 10.0. The van der Waals surface area contributed by atoms with E-state index < -0.39 is 23.9 Å². The number of benzene rings is 2. The number of carbonyl (C=O) groups is 4. The molecule has 10 heteroatoms. The fourth-order valence-corrected chi connectivity index (χ4v) is 4.04. The Bertz CT molecular complexity index is 1130. The Labute approximate surface area is 183 Å². The van der Waals surface area contributed by atoms with E-state index in [9.17, 15) is 19.2 Å². The van der Waals surface area contributed by atoms with Crippen LogP contribution in [-0.2, 0) is 14.3 Å². The molecular formula is C22H21N3O7. The number of anilines is 1. The Balaban J connectivity index is 1.80. The lowest BCUT2D eigenvalue weighted by Crippen LogP contribution is -2.51. The second-order valence-electron chi connectivity index (χ2n) is 7.12. The predicted octanol–water partition coefficient (Wildman–Crippen LogP) is 1.11. The number of amides is 3. The summed E-state index contributed by atoms with van der Waals surface area (Å²) in [5.74, 6) is -1.34. The summed E-state index contributed by atoms with van der Waals surface area (Å²) in [5, 5.41) is 2.43. The minimum atomic E-state index is -0.858. The van der Waals surface area contributed by atoms with Gasteiger partial charge in [-0.3, -0.25) is 24.1 Å². The van der Waals surface area contributed by atoms with Gasteiger partial charge < -0.3 is 24.4 Å². The van der Waals surface area contributed by atoms with E-state index in [4.69, 9.17) is 9.47 Å². The summed E-state index contributed by atoms with van der Waals surface area (Å²) < 4.78 is 15.3. The quantitative estimate of drug-likeness (QED) is 0.671. The van der Waals surface area contributed by atoms with E-state index in [0.717, 1.165) is 0 Å². The van der Waals surface area contributed by atoms with Crippen LogP contribution in [0.3, 0.4) is 0 Å². The molecule has 0 saturated heterocycles. The molecule has 2 aromatic rings. The van der Waals surface area contributed by atoms with Crippen molar-refractivity contribution in [2.45, 2.75) is 6.17 Å².